The molecule has 1 aliphatic heterocycles. The van der Waals surface area contributed by atoms with Gasteiger partial charge in [0, 0.05) is 12.2 Å². The fourth-order valence-corrected chi connectivity index (χ4v) is 4.53. The molecule has 1 N–H and O–H groups in total. The second-order valence-corrected chi connectivity index (χ2v) is 7.57. The van der Waals surface area contributed by atoms with Gasteiger partial charge >= 0.3 is 0 Å². The number of benzene rings is 2. The number of rotatable bonds is 4. The topological polar surface area (TPSA) is 49.0 Å². The second kappa shape index (κ2) is 6.73. The van der Waals surface area contributed by atoms with E-state index in [2.05, 4.69) is 26.9 Å². The quantitative estimate of drug-likeness (QED) is 0.736. The number of nitrogens with zero attached hydrogens (tertiary/aromatic N) is 2. The lowest BCUT2D eigenvalue weighted by Crippen LogP contribution is -2.30. The first-order valence-electron chi connectivity index (χ1n) is 8.38. The lowest BCUT2D eigenvalue weighted by atomic mass is 9.98. The zero-order valence-electron chi connectivity index (χ0n) is 13.9. The van der Waals surface area contributed by atoms with E-state index in [1.807, 2.05) is 36.4 Å². The molecular weight excluding hydrogens is 330 g/mol. The Kier molecular flexibility index (Phi) is 4.29. The van der Waals surface area contributed by atoms with Crippen LogP contribution in [-0.2, 0) is 23.0 Å². The summed E-state index contributed by atoms with van der Waals surface area (Å²) >= 11 is 0. The molecule has 5 heteroatoms. The smallest absolute Gasteiger partial charge is 0.197 e. The maximum Gasteiger partial charge on any atom is 0.197 e. The van der Waals surface area contributed by atoms with Gasteiger partial charge < -0.3 is 9.88 Å². The molecule has 4 nitrogen and oxygen atoms in total. The Labute approximate surface area is 149 Å². The first kappa shape index (κ1) is 15.9. The summed E-state index contributed by atoms with van der Waals surface area (Å²) in [6.45, 7) is 1.53. The number of hydrogen-bond acceptors (Lipinski definition) is 3. The van der Waals surface area contributed by atoms with Crippen molar-refractivity contribution in [2.24, 2.45) is 0 Å². The number of aryl methyl sites for hydroxylation is 1. The molecule has 0 amide bonds. The Morgan fingerprint density at radius 3 is 2.96 bits per heavy atom. The molecule has 0 aliphatic carbocycles. The molecule has 0 spiro atoms. The molecule has 0 fully saturated rings. The Hall–Kier alpha value is -2.58. The van der Waals surface area contributed by atoms with Gasteiger partial charge in [-0.2, -0.15) is 0 Å². The number of aromatic amines is 1. The summed E-state index contributed by atoms with van der Waals surface area (Å²) in [5.41, 5.74) is 5.29. The van der Waals surface area contributed by atoms with Crippen LogP contribution in [0.3, 0.4) is 0 Å². The highest BCUT2D eigenvalue weighted by Gasteiger charge is 2.21. The van der Waals surface area contributed by atoms with Crippen molar-refractivity contribution in [2.75, 3.05) is 18.0 Å². The van der Waals surface area contributed by atoms with Crippen LogP contribution < -0.4 is 4.90 Å². The van der Waals surface area contributed by atoms with Crippen LogP contribution in [0, 0.1) is 12.3 Å². The van der Waals surface area contributed by atoms with E-state index >= 15 is 0 Å². The number of terminal acetylenes is 1. The molecule has 4 rings (SSSR count). The van der Waals surface area contributed by atoms with Crippen LogP contribution in [0.15, 0.2) is 47.6 Å². The lowest BCUT2D eigenvalue weighted by Gasteiger charge is -2.31. The van der Waals surface area contributed by atoms with Gasteiger partial charge in [-0.15, -0.1) is 6.42 Å². The van der Waals surface area contributed by atoms with Crippen molar-refractivity contribution in [3.8, 4) is 12.3 Å². The largest absolute Gasteiger partial charge is 0.360 e. The van der Waals surface area contributed by atoms with Crippen molar-refractivity contribution in [2.45, 2.75) is 23.8 Å². The Morgan fingerprint density at radius 2 is 2.12 bits per heavy atom. The summed E-state index contributed by atoms with van der Waals surface area (Å²) in [6.07, 6.45) is 7.68. The molecule has 25 heavy (non-hydrogen) atoms. The van der Waals surface area contributed by atoms with Crippen molar-refractivity contribution in [3.63, 3.8) is 0 Å². The highest BCUT2D eigenvalue weighted by Crippen LogP contribution is 2.32. The van der Waals surface area contributed by atoms with Crippen LogP contribution in [0.5, 0.6) is 0 Å². The van der Waals surface area contributed by atoms with Crippen LogP contribution in [0.4, 0.5) is 5.69 Å². The molecule has 0 saturated heterocycles. The van der Waals surface area contributed by atoms with E-state index in [1.165, 1.54) is 5.56 Å². The molecule has 1 aromatic heterocycles. The predicted molar refractivity (Wildman–Crippen MR) is 102 cm³/mol. The van der Waals surface area contributed by atoms with Crippen LogP contribution in [0.1, 0.15) is 17.5 Å². The van der Waals surface area contributed by atoms with E-state index in [0.29, 0.717) is 17.5 Å². The molecule has 1 unspecified atom stereocenters. The van der Waals surface area contributed by atoms with Crippen molar-refractivity contribution >= 4 is 27.5 Å². The third kappa shape index (κ3) is 3.06. The van der Waals surface area contributed by atoms with E-state index in [9.17, 15) is 4.21 Å². The number of fused-ring (bicyclic) bond motifs is 2. The van der Waals surface area contributed by atoms with Gasteiger partial charge in [0.15, 0.2) is 5.16 Å². The van der Waals surface area contributed by atoms with Crippen LogP contribution in [0.25, 0.3) is 11.0 Å². The van der Waals surface area contributed by atoms with Gasteiger partial charge in [0.2, 0.25) is 0 Å². The Balaban J connectivity index is 1.66. The molecular formula is C20H19N3OS. The Morgan fingerprint density at radius 1 is 1.24 bits per heavy atom. The lowest BCUT2D eigenvalue weighted by molar-refractivity contribution is 0.676. The Bertz CT molecular complexity index is 953. The third-order valence-corrected chi connectivity index (χ3v) is 5.74. The monoisotopic (exact) mass is 349 g/mol. The van der Waals surface area contributed by atoms with E-state index in [-0.39, 0.29) is 0 Å². The first-order valence-corrected chi connectivity index (χ1v) is 9.70. The maximum absolute atomic E-state index is 12.9. The number of nitrogens with one attached hydrogen (secondary N) is 1. The minimum atomic E-state index is -1.23. The summed E-state index contributed by atoms with van der Waals surface area (Å²) in [5.74, 6) is 3.17. The SMILES string of the molecule is C#CCN1CCCc2cccc(CS(=O)c3nc4ccccc4[nH]3)c21. The van der Waals surface area contributed by atoms with E-state index in [4.69, 9.17) is 6.42 Å². The molecule has 1 atom stereocenters. The minimum absolute atomic E-state index is 0.435. The highest BCUT2D eigenvalue weighted by atomic mass is 32.2. The van der Waals surface area contributed by atoms with Gasteiger partial charge in [-0.25, -0.2) is 4.98 Å². The molecule has 2 aromatic carbocycles. The van der Waals surface area contributed by atoms with Gasteiger partial charge in [-0.1, -0.05) is 36.3 Å². The maximum atomic E-state index is 12.9. The molecule has 0 radical (unpaired) electrons. The zero-order valence-corrected chi connectivity index (χ0v) is 14.7. The van der Waals surface area contributed by atoms with Crippen LogP contribution in [-0.4, -0.2) is 27.3 Å². The predicted octanol–water partition coefficient (Wildman–Crippen LogP) is 3.26. The van der Waals surface area contributed by atoms with E-state index in [0.717, 1.165) is 41.7 Å². The van der Waals surface area contributed by atoms with Crippen LogP contribution >= 0.6 is 0 Å². The van der Waals surface area contributed by atoms with Crippen molar-refractivity contribution in [1.82, 2.24) is 9.97 Å². The third-order valence-electron chi connectivity index (χ3n) is 4.55. The van der Waals surface area contributed by atoms with Crippen molar-refractivity contribution < 1.29 is 4.21 Å². The number of para-hydroxylation sites is 3. The summed E-state index contributed by atoms with van der Waals surface area (Å²) in [7, 11) is -1.23. The molecule has 2 heterocycles. The molecule has 3 aromatic rings. The average Bonchev–Trinajstić information content (AvgIpc) is 3.07. The summed E-state index contributed by atoms with van der Waals surface area (Å²) in [5, 5.41) is 0.526. The minimum Gasteiger partial charge on any atom is -0.360 e. The van der Waals surface area contributed by atoms with Gasteiger partial charge in [0.05, 0.1) is 34.1 Å². The van der Waals surface area contributed by atoms with Gasteiger partial charge in [0.1, 0.15) is 0 Å². The zero-order chi connectivity index (χ0) is 17.2. The highest BCUT2D eigenvalue weighted by molar-refractivity contribution is 7.84. The van der Waals surface area contributed by atoms with Gasteiger partial charge in [-0.3, -0.25) is 4.21 Å². The second-order valence-electron chi connectivity index (χ2n) is 6.20. The van der Waals surface area contributed by atoms with E-state index < -0.39 is 10.8 Å². The van der Waals surface area contributed by atoms with E-state index in [1.54, 1.807) is 0 Å². The molecule has 0 saturated carbocycles. The summed E-state index contributed by atoms with van der Waals surface area (Å²) in [6, 6.07) is 14.0. The normalized spacial score (nSPS) is 14.9. The fraction of sp³-hybridized carbons (Fsp3) is 0.250. The number of aromatic nitrogens is 2. The number of H-pyrrole nitrogens is 1. The van der Waals surface area contributed by atoms with Gasteiger partial charge in [0.25, 0.3) is 0 Å². The molecule has 0 bridgehead atoms. The fourth-order valence-electron chi connectivity index (χ4n) is 3.46. The first-order chi connectivity index (χ1) is 12.3. The number of hydrogen-bond donors (Lipinski definition) is 1. The van der Waals surface area contributed by atoms with Crippen molar-refractivity contribution in [3.05, 3.63) is 53.6 Å². The molecule has 126 valence electrons. The standard InChI is InChI=1S/C20H19N3OS/c1-2-12-23-13-6-9-15-7-5-8-16(19(15)23)14-25(24)20-21-17-10-3-4-11-18(17)22-20/h1,3-5,7-8,10-11H,6,9,12-14H2,(H,21,22). The molecule has 1 aliphatic rings. The number of anilines is 1. The van der Waals surface area contributed by atoms with Crippen molar-refractivity contribution in [1.29, 1.82) is 0 Å². The van der Waals surface area contributed by atoms with Gasteiger partial charge in [-0.05, 0) is 36.1 Å². The number of imidazole rings is 1. The summed E-state index contributed by atoms with van der Waals surface area (Å²) < 4.78 is 12.9. The average molecular weight is 349 g/mol. The van der Waals surface area contributed by atoms with Crippen LogP contribution in [0.2, 0.25) is 0 Å². The summed E-state index contributed by atoms with van der Waals surface area (Å²) in [4.78, 5) is 9.88.